The van der Waals surface area contributed by atoms with E-state index in [0.29, 0.717) is 12.1 Å². The number of rotatable bonds is 2. The molecule has 3 atom stereocenters. The van der Waals surface area contributed by atoms with E-state index in [4.69, 9.17) is 4.74 Å². The first-order valence-corrected chi connectivity index (χ1v) is 6.22. The van der Waals surface area contributed by atoms with Crippen LogP contribution in [0.25, 0.3) is 0 Å². The molecule has 5 heteroatoms. The van der Waals surface area contributed by atoms with Gasteiger partial charge in [-0.15, -0.1) is 0 Å². The highest BCUT2D eigenvalue weighted by atomic mass is 16.5. The van der Waals surface area contributed by atoms with Crippen LogP contribution in [0.2, 0.25) is 0 Å². The molecule has 3 saturated heterocycles. The smallest absolute Gasteiger partial charge is 0.239 e. The summed E-state index contributed by atoms with van der Waals surface area (Å²) in [7, 11) is 0. The fraction of sp³-hybridized carbons (Fsp3) is 0.909. The third-order valence-electron chi connectivity index (χ3n) is 3.92. The lowest BCUT2D eigenvalue weighted by Gasteiger charge is -2.29. The van der Waals surface area contributed by atoms with Gasteiger partial charge in [0, 0.05) is 25.2 Å². The average molecular weight is 225 g/mol. The van der Waals surface area contributed by atoms with Gasteiger partial charge in [-0.25, -0.2) is 5.01 Å². The second-order valence-corrected chi connectivity index (χ2v) is 4.97. The molecule has 0 aromatic carbocycles. The van der Waals surface area contributed by atoms with Crippen molar-refractivity contribution in [3.8, 4) is 0 Å². The summed E-state index contributed by atoms with van der Waals surface area (Å²) in [5.41, 5.74) is 3.02. The summed E-state index contributed by atoms with van der Waals surface area (Å²) in [6.45, 7) is 3.05. The summed E-state index contributed by atoms with van der Waals surface area (Å²) in [5.74, 6) is 0.378. The lowest BCUT2D eigenvalue weighted by atomic mass is 9.89. The zero-order chi connectivity index (χ0) is 11.0. The number of morpholine rings is 1. The van der Waals surface area contributed by atoms with E-state index in [0.717, 1.165) is 39.1 Å². The predicted octanol–water partition coefficient (Wildman–Crippen LogP) is -0.510. The lowest BCUT2D eigenvalue weighted by molar-refractivity contribution is -0.132. The van der Waals surface area contributed by atoms with E-state index in [9.17, 15) is 4.79 Å². The minimum Gasteiger partial charge on any atom is -0.379 e. The van der Waals surface area contributed by atoms with Gasteiger partial charge in [-0.1, -0.05) is 0 Å². The fourth-order valence-electron chi connectivity index (χ4n) is 3.03. The van der Waals surface area contributed by atoms with E-state index in [1.807, 2.05) is 5.01 Å². The van der Waals surface area contributed by atoms with Crippen molar-refractivity contribution in [3.05, 3.63) is 0 Å². The molecular weight excluding hydrogens is 206 g/mol. The number of ether oxygens (including phenoxy) is 1. The van der Waals surface area contributed by atoms with Crippen LogP contribution in [0.5, 0.6) is 0 Å². The molecule has 3 rings (SSSR count). The molecule has 3 aliphatic heterocycles. The summed E-state index contributed by atoms with van der Waals surface area (Å²) in [5, 5.41) is 5.48. The molecular formula is C11H19N3O2. The Labute approximate surface area is 95.5 Å². The first-order valence-electron chi connectivity index (χ1n) is 6.22. The maximum Gasteiger partial charge on any atom is 0.239 e. The van der Waals surface area contributed by atoms with E-state index < -0.39 is 0 Å². The highest BCUT2D eigenvalue weighted by molar-refractivity contribution is 5.79. The highest BCUT2D eigenvalue weighted by Gasteiger charge is 2.43. The van der Waals surface area contributed by atoms with Gasteiger partial charge < -0.3 is 10.1 Å². The second-order valence-electron chi connectivity index (χ2n) is 4.97. The molecule has 3 fully saturated rings. The number of nitrogens with one attached hydrogen (secondary N) is 2. The van der Waals surface area contributed by atoms with Crippen molar-refractivity contribution in [1.82, 2.24) is 15.8 Å². The predicted molar refractivity (Wildman–Crippen MR) is 58.6 cm³/mol. The van der Waals surface area contributed by atoms with Gasteiger partial charge >= 0.3 is 0 Å². The number of amides is 1. The van der Waals surface area contributed by atoms with Crippen LogP contribution in [-0.2, 0) is 9.53 Å². The Kier molecular flexibility index (Phi) is 2.83. The van der Waals surface area contributed by atoms with Gasteiger partial charge in [-0.05, 0) is 19.3 Å². The molecule has 2 bridgehead atoms. The van der Waals surface area contributed by atoms with Crippen molar-refractivity contribution in [1.29, 1.82) is 0 Å². The van der Waals surface area contributed by atoms with E-state index >= 15 is 0 Å². The lowest BCUT2D eigenvalue weighted by Crippen LogP contribution is -2.51. The summed E-state index contributed by atoms with van der Waals surface area (Å²) >= 11 is 0. The van der Waals surface area contributed by atoms with Gasteiger partial charge in [0.25, 0.3) is 0 Å². The normalized spacial score (nSPS) is 38.9. The summed E-state index contributed by atoms with van der Waals surface area (Å²) < 4.78 is 5.25. The Morgan fingerprint density at radius 2 is 2.12 bits per heavy atom. The van der Waals surface area contributed by atoms with Gasteiger partial charge in [0.1, 0.15) is 0 Å². The third-order valence-corrected chi connectivity index (χ3v) is 3.92. The number of carbonyl (C=O) groups is 1. The first kappa shape index (κ1) is 10.5. The second kappa shape index (κ2) is 4.31. The minimum atomic E-state index is 0.182. The Balaban J connectivity index is 1.53. The van der Waals surface area contributed by atoms with E-state index in [-0.39, 0.29) is 11.8 Å². The number of fused-ring (bicyclic) bond motifs is 2. The molecule has 0 saturated carbocycles. The molecule has 3 heterocycles. The topological polar surface area (TPSA) is 53.6 Å². The molecule has 5 nitrogen and oxygen atoms in total. The maximum atomic E-state index is 12.1. The molecule has 0 aromatic heterocycles. The van der Waals surface area contributed by atoms with Gasteiger partial charge in [0.05, 0.1) is 19.1 Å². The van der Waals surface area contributed by atoms with Crippen molar-refractivity contribution in [2.45, 2.75) is 31.3 Å². The fourth-order valence-corrected chi connectivity index (χ4v) is 3.03. The van der Waals surface area contributed by atoms with Gasteiger partial charge in [0.2, 0.25) is 5.91 Å². The standard InChI is InChI=1S/C11H19N3O2/c15-11(13-14-3-5-16-6-4-14)9-7-8-1-2-10(9)12-8/h8-10,12H,1-7H2,(H,13,15). The molecule has 0 aromatic rings. The van der Waals surface area contributed by atoms with Crippen LogP contribution in [0.15, 0.2) is 0 Å². The van der Waals surface area contributed by atoms with E-state index in [1.165, 1.54) is 6.42 Å². The van der Waals surface area contributed by atoms with Crippen molar-refractivity contribution >= 4 is 5.91 Å². The van der Waals surface area contributed by atoms with Crippen LogP contribution in [0.3, 0.4) is 0 Å². The number of carbonyl (C=O) groups excluding carboxylic acids is 1. The molecule has 90 valence electrons. The minimum absolute atomic E-state index is 0.182. The van der Waals surface area contributed by atoms with E-state index in [2.05, 4.69) is 10.7 Å². The average Bonchev–Trinajstić information content (AvgIpc) is 2.92. The number of hydrogen-bond acceptors (Lipinski definition) is 4. The monoisotopic (exact) mass is 225 g/mol. The Bertz CT molecular complexity index is 278. The molecule has 16 heavy (non-hydrogen) atoms. The van der Waals surface area contributed by atoms with Crippen LogP contribution >= 0.6 is 0 Å². The molecule has 2 N–H and O–H groups in total. The summed E-state index contributed by atoms with van der Waals surface area (Å²) in [6, 6.07) is 1.01. The summed E-state index contributed by atoms with van der Waals surface area (Å²) in [4.78, 5) is 12.1. The Morgan fingerprint density at radius 1 is 1.31 bits per heavy atom. The van der Waals surface area contributed by atoms with Crippen LogP contribution in [0.1, 0.15) is 19.3 Å². The van der Waals surface area contributed by atoms with Gasteiger partial charge in [0.15, 0.2) is 0 Å². The number of hydrazine groups is 1. The van der Waals surface area contributed by atoms with Gasteiger partial charge in [-0.3, -0.25) is 10.2 Å². The number of nitrogens with zero attached hydrogens (tertiary/aromatic N) is 1. The largest absolute Gasteiger partial charge is 0.379 e. The van der Waals surface area contributed by atoms with Gasteiger partial charge in [-0.2, -0.15) is 0 Å². The molecule has 1 amide bonds. The van der Waals surface area contributed by atoms with Crippen molar-refractivity contribution < 1.29 is 9.53 Å². The highest BCUT2D eigenvalue weighted by Crippen LogP contribution is 2.33. The van der Waals surface area contributed by atoms with Crippen LogP contribution < -0.4 is 10.7 Å². The Morgan fingerprint density at radius 3 is 2.75 bits per heavy atom. The van der Waals surface area contributed by atoms with Crippen LogP contribution in [0.4, 0.5) is 0 Å². The van der Waals surface area contributed by atoms with Crippen molar-refractivity contribution in [2.24, 2.45) is 5.92 Å². The Hall–Kier alpha value is -0.650. The number of hydrogen-bond donors (Lipinski definition) is 2. The zero-order valence-electron chi connectivity index (χ0n) is 9.45. The molecule has 0 radical (unpaired) electrons. The zero-order valence-corrected chi connectivity index (χ0v) is 9.45. The maximum absolute atomic E-state index is 12.1. The quantitative estimate of drug-likeness (QED) is 0.664. The molecule has 3 unspecified atom stereocenters. The SMILES string of the molecule is O=C(NN1CCOCC1)C1CC2CCC1N2. The summed E-state index contributed by atoms with van der Waals surface area (Å²) in [6.07, 6.45) is 3.42. The van der Waals surface area contributed by atoms with E-state index in [1.54, 1.807) is 0 Å². The van der Waals surface area contributed by atoms with Crippen molar-refractivity contribution in [2.75, 3.05) is 26.3 Å². The molecule has 0 spiro atoms. The third kappa shape index (κ3) is 1.95. The van der Waals surface area contributed by atoms with Crippen LogP contribution in [0, 0.1) is 5.92 Å². The molecule has 0 aliphatic carbocycles. The van der Waals surface area contributed by atoms with Crippen molar-refractivity contribution in [3.63, 3.8) is 0 Å². The molecule has 3 aliphatic rings. The first-order chi connectivity index (χ1) is 7.83. The van der Waals surface area contributed by atoms with Crippen LogP contribution in [-0.4, -0.2) is 49.3 Å².